The Hall–Kier alpha value is -0.340. The Labute approximate surface area is 89.2 Å². The van der Waals surface area contributed by atoms with Crippen LogP contribution in [0, 0.1) is 0 Å². The van der Waals surface area contributed by atoms with Gasteiger partial charge in [0.1, 0.15) is 0 Å². The zero-order valence-corrected chi connectivity index (χ0v) is 9.60. The number of hydrogen-bond acceptors (Lipinski definition) is 0. The topological polar surface area (TPSA) is 0 Å². The first-order chi connectivity index (χ1) is 5.75. The lowest BCUT2D eigenvalue weighted by atomic mass is 10.2. The van der Waals surface area contributed by atoms with E-state index >= 15 is 0 Å². The molecule has 2 heteroatoms. The maximum Gasteiger partial charge on any atom is 0.0389 e. The molecule has 0 amide bonds. The van der Waals surface area contributed by atoms with Crippen molar-refractivity contribution in [2.45, 2.75) is 0 Å². The van der Waals surface area contributed by atoms with E-state index in [0.717, 1.165) is 14.5 Å². The Morgan fingerprint density at radius 1 is 1.17 bits per heavy atom. The maximum absolute atomic E-state index is 3.67. The third-order valence-electron chi connectivity index (χ3n) is 1.42. The number of benzene rings is 1. The largest absolute Gasteiger partial charge is 0.0979 e. The van der Waals surface area contributed by atoms with Crippen molar-refractivity contribution in [3.8, 4) is 0 Å². The second-order valence-electron chi connectivity index (χ2n) is 2.23. The number of hydrogen-bond donors (Lipinski definition) is 0. The molecule has 12 heavy (non-hydrogen) atoms. The van der Waals surface area contributed by atoms with Crippen LogP contribution >= 0.6 is 31.9 Å². The summed E-state index contributed by atoms with van der Waals surface area (Å²) in [4.78, 5) is 0. The lowest BCUT2D eigenvalue weighted by molar-refractivity contribution is 1.65. The van der Waals surface area contributed by atoms with Crippen molar-refractivity contribution in [2.75, 3.05) is 0 Å². The average Bonchev–Trinajstić information content (AvgIpc) is 2.17. The van der Waals surface area contributed by atoms with Gasteiger partial charge in [-0.05, 0) is 37.4 Å². The van der Waals surface area contributed by atoms with E-state index in [0.29, 0.717) is 0 Å². The summed E-state index contributed by atoms with van der Waals surface area (Å²) in [6.07, 6.45) is 1.76. The summed E-state index contributed by atoms with van der Waals surface area (Å²) >= 11 is 6.87. The fourth-order valence-corrected chi connectivity index (χ4v) is 1.47. The van der Waals surface area contributed by atoms with Crippen LogP contribution < -0.4 is 0 Å². The Bertz CT molecular complexity index is 299. The monoisotopic (exact) mass is 286 g/mol. The average molecular weight is 288 g/mol. The molecule has 0 aliphatic rings. The SMILES string of the molecule is C=CC(Br)=C(Br)c1ccccc1. The molecule has 0 aliphatic heterocycles. The molecule has 0 saturated heterocycles. The summed E-state index contributed by atoms with van der Waals surface area (Å²) in [6.45, 7) is 3.67. The molecule has 0 aliphatic carbocycles. The van der Waals surface area contributed by atoms with Crippen LogP contribution in [0.4, 0.5) is 0 Å². The molecule has 0 nitrogen and oxygen atoms in total. The van der Waals surface area contributed by atoms with Crippen LogP contribution in [-0.2, 0) is 0 Å². The quantitative estimate of drug-likeness (QED) is 0.710. The highest BCUT2D eigenvalue weighted by Gasteiger charge is 1.98. The van der Waals surface area contributed by atoms with E-state index < -0.39 is 0 Å². The van der Waals surface area contributed by atoms with Crippen LogP contribution in [0.2, 0.25) is 0 Å². The van der Waals surface area contributed by atoms with E-state index in [1.807, 2.05) is 30.3 Å². The lowest BCUT2D eigenvalue weighted by Gasteiger charge is -1.99. The first-order valence-corrected chi connectivity index (χ1v) is 5.07. The number of allylic oxidation sites excluding steroid dienone is 2. The van der Waals surface area contributed by atoms with Gasteiger partial charge < -0.3 is 0 Å². The minimum atomic E-state index is 0.966. The first kappa shape index (κ1) is 9.75. The molecule has 0 bridgehead atoms. The lowest BCUT2D eigenvalue weighted by Crippen LogP contribution is -1.75. The first-order valence-electron chi connectivity index (χ1n) is 3.49. The normalized spacial score (nSPS) is 12.2. The molecule has 0 unspecified atom stereocenters. The molecule has 62 valence electrons. The fourth-order valence-electron chi connectivity index (χ4n) is 0.812. The van der Waals surface area contributed by atoms with Gasteiger partial charge in [-0.25, -0.2) is 0 Å². The summed E-state index contributed by atoms with van der Waals surface area (Å²) in [7, 11) is 0. The molecule has 0 spiro atoms. The van der Waals surface area contributed by atoms with Gasteiger partial charge >= 0.3 is 0 Å². The zero-order chi connectivity index (χ0) is 8.97. The molecule has 0 fully saturated rings. The maximum atomic E-state index is 3.67. The summed E-state index contributed by atoms with van der Waals surface area (Å²) < 4.78 is 1.99. The third kappa shape index (κ3) is 2.32. The Morgan fingerprint density at radius 3 is 2.25 bits per heavy atom. The predicted octanol–water partition coefficient (Wildman–Crippen LogP) is 4.33. The minimum Gasteiger partial charge on any atom is -0.0979 e. The van der Waals surface area contributed by atoms with Crippen molar-refractivity contribution in [3.63, 3.8) is 0 Å². The minimum absolute atomic E-state index is 0.966. The van der Waals surface area contributed by atoms with Gasteiger partial charge in [-0.2, -0.15) is 0 Å². The molecule has 0 aromatic heterocycles. The predicted molar refractivity (Wildman–Crippen MR) is 61.4 cm³/mol. The van der Waals surface area contributed by atoms with Crippen LogP contribution in [0.1, 0.15) is 5.56 Å². The van der Waals surface area contributed by atoms with Crippen molar-refractivity contribution in [3.05, 3.63) is 53.0 Å². The summed E-state index contributed by atoms with van der Waals surface area (Å²) in [6, 6.07) is 10.1. The van der Waals surface area contributed by atoms with Crippen molar-refractivity contribution < 1.29 is 0 Å². The zero-order valence-electron chi connectivity index (χ0n) is 6.43. The highest BCUT2D eigenvalue weighted by Crippen LogP contribution is 2.28. The summed E-state index contributed by atoms with van der Waals surface area (Å²) in [5.74, 6) is 0. The number of rotatable bonds is 2. The number of halogens is 2. The Kier molecular flexibility index (Phi) is 3.76. The van der Waals surface area contributed by atoms with E-state index in [4.69, 9.17) is 0 Å². The van der Waals surface area contributed by atoms with E-state index in [-0.39, 0.29) is 0 Å². The van der Waals surface area contributed by atoms with Crippen LogP contribution in [0.3, 0.4) is 0 Å². The summed E-state index contributed by atoms with van der Waals surface area (Å²) in [5, 5.41) is 0. The van der Waals surface area contributed by atoms with E-state index in [1.54, 1.807) is 6.08 Å². The second-order valence-corrected chi connectivity index (χ2v) is 3.88. The Morgan fingerprint density at radius 2 is 1.75 bits per heavy atom. The molecule has 1 aromatic rings. The van der Waals surface area contributed by atoms with E-state index in [1.165, 1.54) is 0 Å². The van der Waals surface area contributed by atoms with Crippen LogP contribution in [0.15, 0.2) is 47.5 Å². The van der Waals surface area contributed by atoms with E-state index in [2.05, 4.69) is 38.4 Å². The van der Waals surface area contributed by atoms with Gasteiger partial charge in [0, 0.05) is 8.96 Å². The van der Waals surface area contributed by atoms with Crippen molar-refractivity contribution in [1.82, 2.24) is 0 Å². The van der Waals surface area contributed by atoms with Crippen LogP contribution in [-0.4, -0.2) is 0 Å². The molecule has 1 rings (SSSR count). The fraction of sp³-hybridized carbons (Fsp3) is 0. The molecular formula is C10H8Br2. The van der Waals surface area contributed by atoms with Gasteiger partial charge in [-0.3, -0.25) is 0 Å². The molecule has 0 atom stereocenters. The van der Waals surface area contributed by atoms with Crippen LogP contribution in [0.5, 0.6) is 0 Å². The molecule has 1 aromatic carbocycles. The van der Waals surface area contributed by atoms with Gasteiger partial charge in [0.05, 0.1) is 0 Å². The highest BCUT2D eigenvalue weighted by atomic mass is 79.9. The van der Waals surface area contributed by atoms with Crippen molar-refractivity contribution >= 4 is 36.3 Å². The van der Waals surface area contributed by atoms with E-state index in [9.17, 15) is 0 Å². The van der Waals surface area contributed by atoms with Gasteiger partial charge in [0.15, 0.2) is 0 Å². The highest BCUT2D eigenvalue weighted by molar-refractivity contribution is 9.16. The van der Waals surface area contributed by atoms with Gasteiger partial charge in [0.2, 0.25) is 0 Å². The molecular weight excluding hydrogens is 280 g/mol. The Balaban J connectivity index is 3.08. The molecule has 0 saturated carbocycles. The van der Waals surface area contributed by atoms with Gasteiger partial charge in [0.25, 0.3) is 0 Å². The van der Waals surface area contributed by atoms with Crippen molar-refractivity contribution in [1.29, 1.82) is 0 Å². The third-order valence-corrected chi connectivity index (χ3v) is 3.55. The molecule has 0 heterocycles. The standard InChI is InChI=1S/C10H8Br2/c1-2-9(11)10(12)8-6-4-3-5-7-8/h2-7H,1H2. The van der Waals surface area contributed by atoms with Crippen LogP contribution in [0.25, 0.3) is 4.48 Å². The van der Waals surface area contributed by atoms with Crippen molar-refractivity contribution in [2.24, 2.45) is 0 Å². The summed E-state index contributed by atoms with van der Waals surface area (Å²) in [5.41, 5.74) is 1.14. The van der Waals surface area contributed by atoms with Gasteiger partial charge in [-0.15, -0.1) is 0 Å². The second kappa shape index (κ2) is 4.63. The van der Waals surface area contributed by atoms with Gasteiger partial charge in [-0.1, -0.05) is 43.0 Å². The molecule has 0 radical (unpaired) electrons. The molecule has 0 N–H and O–H groups in total. The smallest absolute Gasteiger partial charge is 0.0389 e.